The molecule has 0 aliphatic carbocycles. The van der Waals surface area contributed by atoms with Crippen LogP contribution in [0.1, 0.15) is 82.1 Å². The van der Waals surface area contributed by atoms with Crippen LogP contribution in [0.5, 0.6) is 23.0 Å². The van der Waals surface area contributed by atoms with Gasteiger partial charge in [0.15, 0.2) is 0 Å². The molecule has 69 heavy (non-hydrogen) atoms. The first-order valence-electron chi connectivity index (χ1n) is 24.9. The highest BCUT2D eigenvalue weighted by molar-refractivity contribution is 6.10. The molecule has 0 bridgehead atoms. The van der Waals surface area contributed by atoms with E-state index in [-0.39, 0.29) is 23.7 Å². The number of hydrogen-bond donors (Lipinski definition) is 2. The Morgan fingerprint density at radius 1 is 0.435 bits per heavy atom. The number of aromatic hydroxyl groups is 2. The van der Waals surface area contributed by atoms with Gasteiger partial charge in [-0.15, -0.1) is 0 Å². The molecular formula is C63H62N2O4. The lowest BCUT2D eigenvalue weighted by molar-refractivity contribution is 0.131. The summed E-state index contributed by atoms with van der Waals surface area (Å²) in [5, 5.41) is 29.5. The molecule has 10 aromatic rings. The number of ether oxygens (including phenoxy) is 2. The Kier molecular flexibility index (Phi) is 12.7. The Labute approximate surface area is 406 Å². The number of nitrogens with zero attached hydrogens (tertiary/aromatic N) is 2. The fraction of sp³-hybridized carbons (Fsp3) is 0.238. The van der Waals surface area contributed by atoms with Gasteiger partial charge in [-0.1, -0.05) is 112 Å². The van der Waals surface area contributed by atoms with Crippen molar-refractivity contribution in [3.8, 4) is 56.6 Å². The van der Waals surface area contributed by atoms with Crippen LogP contribution in [0.25, 0.3) is 77.2 Å². The van der Waals surface area contributed by atoms with E-state index < -0.39 is 0 Å². The fourth-order valence-electron chi connectivity index (χ4n) is 10.5. The highest BCUT2D eigenvalue weighted by Gasteiger charge is 2.24. The van der Waals surface area contributed by atoms with Gasteiger partial charge in [0.1, 0.15) is 23.0 Å². The summed E-state index contributed by atoms with van der Waals surface area (Å²) < 4.78 is 18.2. The van der Waals surface area contributed by atoms with Crippen molar-refractivity contribution in [3.05, 3.63) is 180 Å². The molecule has 0 saturated carbocycles. The van der Waals surface area contributed by atoms with Crippen LogP contribution in [-0.4, -0.2) is 31.6 Å². The summed E-state index contributed by atoms with van der Waals surface area (Å²) in [6, 6.07) is 54.8. The van der Waals surface area contributed by atoms with Crippen molar-refractivity contribution in [2.75, 3.05) is 0 Å². The monoisotopic (exact) mass is 910 g/mol. The zero-order chi connectivity index (χ0) is 47.8. The first-order valence-corrected chi connectivity index (χ1v) is 24.9. The molecular weight excluding hydrogens is 849 g/mol. The molecule has 2 heterocycles. The van der Waals surface area contributed by atoms with Crippen LogP contribution in [0.4, 0.5) is 0 Å². The molecule has 0 fully saturated rings. The summed E-state index contributed by atoms with van der Waals surface area (Å²) in [5.41, 5.74) is 13.3. The maximum atomic E-state index is 12.5. The molecule has 0 amide bonds. The number of phenolic OH excluding ortho intramolecular Hbond substituents is 2. The van der Waals surface area contributed by atoms with Crippen LogP contribution in [0, 0.1) is 13.8 Å². The molecule has 0 aliphatic heterocycles. The predicted octanol–water partition coefficient (Wildman–Crippen LogP) is 16.6. The van der Waals surface area contributed by atoms with Crippen molar-refractivity contribution >= 4 is 43.6 Å². The Hall–Kier alpha value is -7.44. The van der Waals surface area contributed by atoms with Gasteiger partial charge >= 0.3 is 0 Å². The van der Waals surface area contributed by atoms with Crippen LogP contribution in [0.3, 0.4) is 0 Å². The molecule has 2 atom stereocenters. The lowest BCUT2D eigenvalue weighted by atomic mass is 9.96. The molecule has 2 N–H and O–H groups in total. The maximum absolute atomic E-state index is 12.5. The second-order valence-corrected chi connectivity index (χ2v) is 19.1. The van der Waals surface area contributed by atoms with E-state index in [0.29, 0.717) is 17.9 Å². The van der Waals surface area contributed by atoms with Gasteiger partial charge in [-0.2, -0.15) is 0 Å². The lowest BCUT2D eigenvalue weighted by Crippen LogP contribution is -2.23. The molecule has 6 heteroatoms. The Morgan fingerprint density at radius 3 is 1.13 bits per heavy atom. The quantitative estimate of drug-likeness (QED) is 0.101. The predicted molar refractivity (Wildman–Crippen MR) is 287 cm³/mol. The van der Waals surface area contributed by atoms with Crippen molar-refractivity contribution in [2.24, 2.45) is 0 Å². The van der Waals surface area contributed by atoms with Crippen molar-refractivity contribution in [3.63, 3.8) is 0 Å². The van der Waals surface area contributed by atoms with Crippen LogP contribution in [0.15, 0.2) is 158 Å². The minimum atomic E-state index is -0.245. The van der Waals surface area contributed by atoms with Gasteiger partial charge in [0.2, 0.25) is 0 Å². The number of benzene rings is 8. The Bertz CT molecular complexity index is 3170. The molecule has 2 aromatic heterocycles. The van der Waals surface area contributed by atoms with E-state index in [9.17, 15) is 10.2 Å². The van der Waals surface area contributed by atoms with Crippen LogP contribution in [0.2, 0.25) is 0 Å². The number of unbranched alkanes of at least 4 members (excludes halogenated alkanes) is 2. The van der Waals surface area contributed by atoms with E-state index in [1.54, 1.807) is 0 Å². The minimum Gasteiger partial charge on any atom is -0.505 e. The van der Waals surface area contributed by atoms with E-state index in [4.69, 9.17) is 9.47 Å². The third-order valence-corrected chi connectivity index (χ3v) is 13.7. The van der Waals surface area contributed by atoms with Gasteiger partial charge in [-0.25, -0.2) is 0 Å². The molecule has 0 spiro atoms. The van der Waals surface area contributed by atoms with Gasteiger partial charge in [-0.3, -0.25) is 0 Å². The highest BCUT2D eigenvalue weighted by Crippen LogP contribution is 2.46. The summed E-state index contributed by atoms with van der Waals surface area (Å²) in [7, 11) is 0. The summed E-state index contributed by atoms with van der Waals surface area (Å²) in [4.78, 5) is 0. The first kappa shape index (κ1) is 45.3. The first-order chi connectivity index (χ1) is 33.6. The molecule has 1 unspecified atom stereocenters. The van der Waals surface area contributed by atoms with E-state index >= 15 is 0 Å². The van der Waals surface area contributed by atoms with Crippen molar-refractivity contribution in [2.45, 2.75) is 98.7 Å². The second kappa shape index (κ2) is 19.3. The summed E-state index contributed by atoms with van der Waals surface area (Å²) in [6.45, 7) is 12.8. The molecule has 0 radical (unpaired) electrons. The topological polar surface area (TPSA) is 68.8 Å². The zero-order valence-corrected chi connectivity index (χ0v) is 40.7. The van der Waals surface area contributed by atoms with E-state index in [1.165, 1.54) is 11.1 Å². The summed E-state index contributed by atoms with van der Waals surface area (Å²) in [5.74, 6) is 1.86. The third kappa shape index (κ3) is 8.69. The molecule has 348 valence electrons. The molecule has 6 nitrogen and oxygen atoms in total. The SMILES string of the molecule is CCCCc1ccc(OC(C)C[C@@H](C)Oc2ccc(CCCC)cc2-c2cc(C)cc(-n3c4ccccc4c4ccccc43)c2O)c(-c2cc(C)cc(-n3c4ccccc4c4ccccc43)c2O)c1. The van der Waals surface area contributed by atoms with Gasteiger partial charge in [0.05, 0.1) is 45.6 Å². The number of aryl methyl sites for hydroxylation is 4. The number of rotatable bonds is 16. The molecule has 8 aromatic carbocycles. The number of phenols is 2. The van der Waals surface area contributed by atoms with Crippen molar-refractivity contribution in [1.29, 1.82) is 0 Å². The van der Waals surface area contributed by atoms with Crippen molar-refractivity contribution < 1.29 is 19.7 Å². The third-order valence-electron chi connectivity index (χ3n) is 13.7. The van der Waals surface area contributed by atoms with Crippen LogP contribution < -0.4 is 9.47 Å². The summed E-state index contributed by atoms with van der Waals surface area (Å²) in [6.07, 6.45) is 6.29. The van der Waals surface area contributed by atoms with E-state index in [1.807, 2.05) is 0 Å². The smallest absolute Gasteiger partial charge is 0.147 e. The normalized spacial score (nSPS) is 12.6. The molecule has 10 rings (SSSR count). The van der Waals surface area contributed by atoms with E-state index in [0.717, 1.165) is 127 Å². The number of fused-ring (bicyclic) bond motifs is 6. The minimum absolute atomic E-state index is 0.213. The second-order valence-electron chi connectivity index (χ2n) is 19.1. The number of para-hydroxylation sites is 4. The summed E-state index contributed by atoms with van der Waals surface area (Å²) >= 11 is 0. The average molecular weight is 911 g/mol. The van der Waals surface area contributed by atoms with Gasteiger partial charge in [0, 0.05) is 50.2 Å². The average Bonchev–Trinajstić information content (AvgIpc) is 3.87. The van der Waals surface area contributed by atoms with Crippen LogP contribution in [-0.2, 0) is 12.8 Å². The largest absolute Gasteiger partial charge is 0.505 e. The van der Waals surface area contributed by atoms with Crippen molar-refractivity contribution in [1.82, 2.24) is 9.13 Å². The zero-order valence-electron chi connectivity index (χ0n) is 40.7. The van der Waals surface area contributed by atoms with E-state index in [2.05, 4.69) is 208 Å². The van der Waals surface area contributed by atoms with Gasteiger partial charge in [-0.05, 0) is 148 Å². The highest BCUT2D eigenvalue weighted by atomic mass is 16.5. The molecule has 0 saturated heterocycles. The standard InChI is InChI=1S/C63H62N2O4/c1-7-9-19-44-29-31-60(50(38-44)52-33-40(3)35-58(62(52)66)64-54-25-15-11-21-46(54)47-22-12-16-26-55(47)64)68-42(5)37-43(6)69-61-32-30-45(20-10-8-2)39-51(61)53-34-41(4)36-59(63(53)67)65-56-27-17-13-23-48(56)49-24-14-18-28-57(49)65/h11-18,21-36,38-39,42-43,66-67H,7-10,19-20,37H2,1-6H3/t42-,43?/m1/s1. The number of hydrogen-bond acceptors (Lipinski definition) is 4. The lowest BCUT2D eigenvalue weighted by Gasteiger charge is -2.24. The maximum Gasteiger partial charge on any atom is 0.147 e. The van der Waals surface area contributed by atoms with Gasteiger partial charge in [0.25, 0.3) is 0 Å². The Morgan fingerprint density at radius 2 is 0.783 bits per heavy atom. The van der Waals surface area contributed by atoms with Crippen LogP contribution >= 0.6 is 0 Å². The Balaban J connectivity index is 0.983. The molecule has 0 aliphatic rings. The number of aromatic nitrogens is 2. The van der Waals surface area contributed by atoms with Gasteiger partial charge < -0.3 is 28.8 Å². The fourth-order valence-corrected chi connectivity index (χ4v) is 10.5.